The number of hydrogen-bond acceptors (Lipinski definition) is 3. The fourth-order valence-electron chi connectivity index (χ4n) is 3.06. The molecule has 1 aromatic rings. The van der Waals surface area contributed by atoms with Crippen LogP contribution in [0.1, 0.15) is 31.4 Å². The van der Waals surface area contributed by atoms with Crippen molar-refractivity contribution in [2.75, 3.05) is 18.0 Å². The van der Waals surface area contributed by atoms with Gasteiger partial charge in [0.25, 0.3) is 0 Å². The summed E-state index contributed by atoms with van der Waals surface area (Å²) < 4.78 is 19.7. The molecule has 4 heteroatoms. The molecule has 2 bridgehead atoms. The van der Waals surface area contributed by atoms with E-state index in [2.05, 4.69) is 4.90 Å². The van der Waals surface area contributed by atoms with Crippen molar-refractivity contribution in [3.63, 3.8) is 0 Å². The van der Waals surface area contributed by atoms with Crippen LogP contribution < -0.4 is 10.6 Å². The fourth-order valence-corrected chi connectivity index (χ4v) is 3.06. The fraction of sp³-hybridized carbons (Fsp3) is 0.571. The first kappa shape index (κ1) is 11.9. The summed E-state index contributed by atoms with van der Waals surface area (Å²) in [6.45, 7) is 3.52. The van der Waals surface area contributed by atoms with E-state index in [-0.39, 0.29) is 11.9 Å². The van der Waals surface area contributed by atoms with Crippen LogP contribution in [0, 0.1) is 5.82 Å². The van der Waals surface area contributed by atoms with E-state index in [9.17, 15) is 4.39 Å². The highest BCUT2D eigenvalue weighted by Crippen LogP contribution is 2.34. The summed E-state index contributed by atoms with van der Waals surface area (Å²) in [7, 11) is 0. The first-order chi connectivity index (χ1) is 8.65. The van der Waals surface area contributed by atoms with Gasteiger partial charge in [-0.25, -0.2) is 4.39 Å². The van der Waals surface area contributed by atoms with Gasteiger partial charge in [0.2, 0.25) is 0 Å². The number of morpholine rings is 1. The van der Waals surface area contributed by atoms with E-state index in [4.69, 9.17) is 10.5 Å². The molecule has 2 heterocycles. The van der Waals surface area contributed by atoms with Crippen LogP contribution in [-0.2, 0) is 4.74 Å². The molecular formula is C14H19FN2O. The largest absolute Gasteiger partial charge is 0.371 e. The highest BCUT2D eigenvalue weighted by Gasteiger charge is 2.34. The number of halogens is 1. The molecule has 0 saturated carbocycles. The highest BCUT2D eigenvalue weighted by atomic mass is 19.1. The highest BCUT2D eigenvalue weighted by molar-refractivity contribution is 5.56. The number of ether oxygens (including phenoxy) is 1. The maximum atomic E-state index is 13.9. The standard InChI is InChI=1S/C14H19FN2O/c1-9(16)14-12(15)3-2-4-13(14)17-7-10-5-6-11(8-17)18-10/h2-4,9-11H,5-8,16H2,1H3/t9-,10?,11?/m0/s1. The van der Waals surface area contributed by atoms with Crippen molar-refractivity contribution >= 4 is 5.69 Å². The Labute approximate surface area is 107 Å². The van der Waals surface area contributed by atoms with Gasteiger partial charge in [0.15, 0.2) is 0 Å². The van der Waals surface area contributed by atoms with Gasteiger partial charge in [-0.2, -0.15) is 0 Å². The number of anilines is 1. The van der Waals surface area contributed by atoms with Gasteiger partial charge in [0, 0.05) is 30.4 Å². The van der Waals surface area contributed by atoms with Crippen LogP contribution >= 0.6 is 0 Å². The van der Waals surface area contributed by atoms with Crippen LogP contribution in [0.5, 0.6) is 0 Å². The minimum atomic E-state index is -0.290. The minimum Gasteiger partial charge on any atom is -0.371 e. The summed E-state index contributed by atoms with van der Waals surface area (Å²) in [5.74, 6) is -0.207. The molecule has 3 nitrogen and oxygen atoms in total. The molecule has 2 N–H and O–H groups in total. The molecule has 0 aromatic heterocycles. The van der Waals surface area contributed by atoms with Crippen LogP contribution in [0.15, 0.2) is 18.2 Å². The third kappa shape index (κ3) is 1.99. The van der Waals surface area contributed by atoms with E-state index in [0.717, 1.165) is 31.6 Å². The van der Waals surface area contributed by atoms with Crippen molar-refractivity contribution in [1.82, 2.24) is 0 Å². The monoisotopic (exact) mass is 250 g/mol. The summed E-state index contributed by atoms with van der Waals surface area (Å²) in [5, 5.41) is 0. The summed E-state index contributed by atoms with van der Waals surface area (Å²) >= 11 is 0. The molecule has 98 valence electrons. The predicted molar refractivity (Wildman–Crippen MR) is 69.1 cm³/mol. The van der Waals surface area contributed by atoms with Gasteiger partial charge in [-0.05, 0) is 31.9 Å². The zero-order valence-corrected chi connectivity index (χ0v) is 10.6. The Morgan fingerprint density at radius 3 is 2.61 bits per heavy atom. The van der Waals surface area contributed by atoms with E-state index >= 15 is 0 Å². The summed E-state index contributed by atoms with van der Waals surface area (Å²) in [4.78, 5) is 2.23. The lowest BCUT2D eigenvalue weighted by Gasteiger charge is -2.35. The number of hydrogen-bond donors (Lipinski definition) is 1. The second kappa shape index (κ2) is 4.52. The number of nitrogens with zero attached hydrogens (tertiary/aromatic N) is 1. The van der Waals surface area contributed by atoms with Crippen molar-refractivity contribution < 1.29 is 9.13 Å². The molecular weight excluding hydrogens is 231 g/mol. The zero-order valence-electron chi connectivity index (χ0n) is 10.6. The Bertz CT molecular complexity index is 437. The molecule has 2 saturated heterocycles. The van der Waals surface area contributed by atoms with E-state index in [0.29, 0.717) is 17.8 Å². The smallest absolute Gasteiger partial charge is 0.130 e. The first-order valence-electron chi connectivity index (χ1n) is 6.59. The van der Waals surface area contributed by atoms with E-state index in [1.807, 2.05) is 13.0 Å². The molecule has 3 rings (SSSR count). The Morgan fingerprint density at radius 2 is 2.00 bits per heavy atom. The van der Waals surface area contributed by atoms with Crippen LogP contribution in [0.3, 0.4) is 0 Å². The van der Waals surface area contributed by atoms with Gasteiger partial charge < -0.3 is 15.4 Å². The Kier molecular flexibility index (Phi) is 2.99. The minimum absolute atomic E-state index is 0.207. The SMILES string of the molecule is C[C@H](N)c1c(F)cccc1N1CC2CCC(C1)O2. The van der Waals surface area contributed by atoms with Gasteiger partial charge in [-0.1, -0.05) is 6.07 Å². The quantitative estimate of drug-likeness (QED) is 0.874. The second-order valence-corrected chi connectivity index (χ2v) is 5.32. The van der Waals surface area contributed by atoms with Crippen molar-refractivity contribution in [1.29, 1.82) is 0 Å². The molecule has 3 atom stereocenters. The molecule has 2 fully saturated rings. The van der Waals surface area contributed by atoms with Crippen molar-refractivity contribution in [2.45, 2.75) is 38.0 Å². The molecule has 18 heavy (non-hydrogen) atoms. The summed E-state index contributed by atoms with van der Waals surface area (Å²) in [6.07, 6.45) is 2.83. The first-order valence-corrected chi connectivity index (χ1v) is 6.59. The van der Waals surface area contributed by atoms with E-state index < -0.39 is 0 Å². The van der Waals surface area contributed by atoms with Crippen LogP contribution in [0.2, 0.25) is 0 Å². The van der Waals surface area contributed by atoms with Gasteiger partial charge in [0.05, 0.1) is 12.2 Å². The number of nitrogens with two attached hydrogens (primary N) is 1. The lowest BCUT2D eigenvalue weighted by atomic mass is 10.0. The molecule has 0 radical (unpaired) electrons. The van der Waals surface area contributed by atoms with Gasteiger partial charge in [-0.3, -0.25) is 0 Å². The molecule has 1 aromatic carbocycles. The van der Waals surface area contributed by atoms with E-state index in [1.165, 1.54) is 6.07 Å². The lowest BCUT2D eigenvalue weighted by Crippen LogP contribution is -2.43. The second-order valence-electron chi connectivity index (χ2n) is 5.32. The van der Waals surface area contributed by atoms with Gasteiger partial charge >= 0.3 is 0 Å². The Morgan fingerprint density at radius 1 is 1.33 bits per heavy atom. The lowest BCUT2D eigenvalue weighted by molar-refractivity contribution is 0.0304. The van der Waals surface area contributed by atoms with E-state index in [1.54, 1.807) is 6.07 Å². The number of benzene rings is 1. The maximum absolute atomic E-state index is 13.9. The topological polar surface area (TPSA) is 38.5 Å². The van der Waals surface area contributed by atoms with Crippen LogP contribution in [0.4, 0.5) is 10.1 Å². The number of fused-ring (bicyclic) bond motifs is 2. The normalized spacial score (nSPS) is 28.5. The Hall–Kier alpha value is -1.13. The summed E-state index contributed by atoms with van der Waals surface area (Å²) in [6, 6.07) is 4.92. The summed E-state index contributed by atoms with van der Waals surface area (Å²) in [5.41, 5.74) is 7.47. The molecule has 2 aliphatic heterocycles. The molecule has 0 amide bonds. The third-order valence-corrected chi connectivity index (χ3v) is 3.87. The van der Waals surface area contributed by atoms with Crippen LogP contribution in [0.25, 0.3) is 0 Å². The molecule has 0 spiro atoms. The van der Waals surface area contributed by atoms with Crippen LogP contribution in [-0.4, -0.2) is 25.3 Å². The van der Waals surface area contributed by atoms with Gasteiger partial charge in [-0.15, -0.1) is 0 Å². The predicted octanol–water partition coefficient (Wildman–Crippen LogP) is 2.21. The van der Waals surface area contributed by atoms with Crippen molar-refractivity contribution in [3.05, 3.63) is 29.6 Å². The van der Waals surface area contributed by atoms with Crippen molar-refractivity contribution in [2.24, 2.45) is 5.73 Å². The average Bonchev–Trinajstić information content (AvgIpc) is 2.67. The zero-order chi connectivity index (χ0) is 12.7. The molecule has 2 aliphatic rings. The van der Waals surface area contributed by atoms with Gasteiger partial charge in [0.1, 0.15) is 5.82 Å². The molecule has 0 aliphatic carbocycles. The Balaban J connectivity index is 1.94. The molecule has 2 unspecified atom stereocenters. The average molecular weight is 250 g/mol. The third-order valence-electron chi connectivity index (χ3n) is 3.87. The number of rotatable bonds is 2. The maximum Gasteiger partial charge on any atom is 0.130 e. The van der Waals surface area contributed by atoms with Crippen molar-refractivity contribution in [3.8, 4) is 0 Å².